The molecule has 2 aliphatic rings. The molecule has 0 fully saturated rings. The summed E-state index contributed by atoms with van der Waals surface area (Å²) < 4.78 is 7.34. The zero-order valence-corrected chi connectivity index (χ0v) is 11.6. The maximum atomic E-state index is 5.87. The van der Waals surface area contributed by atoms with E-state index in [1.807, 2.05) is 17.8 Å². The molecule has 3 rings (SSSR count). The first kappa shape index (κ1) is 12.2. The Bertz CT molecular complexity index is 691. The van der Waals surface area contributed by atoms with Crippen molar-refractivity contribution in [3.63, 3.8) is 0 Å². The van der Waals surface area contributed by atoms with Crippen molar-refractivity contribution in [3.05, 3.63) is 40.2 Å². The molecule has 0 amide bonds. The molecule has 1 aromatic heterocycles. The van der Waals surface area contributed by atoms with Gasteiger partial charge in [0.2, 0.25) is 0 Å². The molecule has 0 radical (unpaired) electrons. The van der Waals surface area contributed by atoms with Crippen LogP contribution in [0.25, 0.3) is 11.6 Å². The van der Waals surface area contributed by atoms with Gasteiger partial charge in [0.05, 0.1) is 25.2 Å². The fourth-order valence-electron chi connectivity index (χ4n) is 2.84. The van der Waals surface area contributed by atoms with Crippen LogP contribution in [0.3, 0.4) is 0 Å². The second-order valence-electron chi connectivity index (χ2n) is 5.32. The highest BCUT2D eigenvalue weighted by Gasteiger charge is 2.23. The monoisotopic (exact) mass is 257 g/mol. The van der Waals surface area contributed by atoms with Gasteiger partial charge in [0.25, 0.3) is 0 Å². The molecule has 2 N–H and O–H groups in total. The molecular weight excluding hydrogens is 238 g/mol. The molecule has 2 atom stereocenters. The van der Waals surface area contributed by atoms with Gasteiger partial charge in [0, 0.05) is 17.2 Å². The van der Waals surface area contributed by atoms with Gasteiger partial charge >= 0.3 is 0 Å². The molecule has 0 bridgehead atoms. The molecule has 100 valence electrons. The molecule has 4 nitrogen and oxygen atoms in total. The van der Waals surface area contributed by atoms with Crippen molar-refractivity contribution in [1.29, 1.82) is 0 Å². The highest BCUT2D eigenvalue weighted by molar-refractivity contribution is 5.85. The van der Waals surface area contributed by atoms with Crippen molar-refractivity contribution >= 4 is 11.6 Å². The number of rotatable bonds is 3. The van der Waals surface area contributed by atoms with Crippen molar-refractivity contribution in [2.75, 3.05) is 7.11 Å². The summed E-state index contributed by atoms with van der Waals surface area (Å²) in [6, 6.07) is 0.101. The predicted octanol–water partition coefficient (Wildman–Crippen LogP) is 0.282. The molecule has 0 aromatic carbocycles. The molecule has 2 unspecified atom stereocenters. The number of fused-ring (bicyclic) bond motifs is 2. The average Bonchev–Trinajstić information content (AvgIpc) is 2.88. The third-order valence-corrected chi connectivity index (χ3v) is 3.64. The second kappa shape index (κ2) is 4.38. The normalized spacial score (nSPS) is 22.1. The number of hydrogen-bond donors (Lipinski definition) is 1. The summed E-state index contributed by atoms with van der Waals surface area (Å²) in [5.41, 5.74) is 8.44. The van der Waals surface area contributed by atoms with Crippen LogP contribution >= 0.6 is 0 Å². The van der Waals surface area contributed by atoms with Gasteiger partial charge in [-0.25, -0.2) is 0 Å². The lowest BCUT2D eigenvalue weighted by Gasteiger charge is -2.17. The number of allylic oxidation sites excluding steroid dienone is 3. The molecule has 1 aromatic rings. The summed E-state index contributed by atoms with van der Waals surface area (Å²) in [6.07, 6.45) is 8.37. The molecule has 2 aliphatic carbocycles. The summed E-state index contributed by atoms with van der Waals surface area (Å²) in [7, 11) is 1.71. The number of aromatic nitrogens is 2. The number of hydrogen-bond acceptors (Lipinski definition) is 3. The minimum absolute atomic E-state index is 0.101. The van der Waals surface area contributed by atoms with Crippen LogP contribution < -0.4 is 16.3 Å². The number of ether oxygens (including phenoxy) is 1. The SMILES string of the molecule is COC1=CC(C)C2=c3cnn(CC(C)N)c3=CC2=C1. The fourth-order valence-corrected chi connectivity index (χ4v) is 2.84. The Kier molecular flexibility index (Phi) is 2.82. The van der Waals surface area contributed by atoms with E-state index < -0.39 is 0 Å². The molecule has 1 heterocycles. The van der Waals surface area contributed by atoms with Gasteiger partial charge in [0.15, 0.2) is 0 Å². The lowest BCUT2D eigenvalue weighted by Crippen LogP contribution is -2.33. The second-order valence-corrected chi connectivity index (χ2v) is 5.32. The van der Waals surface area contributed by atoms with Crippen molar-refractivity contribution < 1.29 is 4.74 Å². The minimum atomic E-state index is 0.101. The predicted molar refractivity (Wildman–Crippen MR) is 75.3 cm³/mol. The topological polar surface area (TPSA) is 53.1 Å². The van der Waals surface area contributed by atoms with E-state index in [1.165, 1.54) is 16.4 Å². The maximum absolute atomic E-state index is 5.87. The Balaban J connectivity index is 2.14. The molecule has 4 heteroatoms. The van der Waals surface area contributed by atoms with E-state index in [9.17, 15) is 0 Å². The van der Waals surface area contributed by atoms with E-state index in [0.717, 1.165) is 17.7 Å². The summed E-state index contributed by atoms with van der Waals surface area (Å²) in [5, 5.41) is 6.84. The molecule has 19 heavy (non-hydrogen) atoms. The van der Waals surface area contributed by atoms with E-state index >= 15 is 0 Å². The van der Waals surface area contributed by atoms with Crippen LogP contribution in [0.15, 0.2) is 29.7 Å². The number of methoxy groups -OCH3 is 1. The zero-order chi connectivity index (χ0) is 13.6. The van der Waals surface area contributed by atoms with Crippen molar-refractivity contribution in [2.24, 2.45) is 11.7 Å². The molecule has 0 spiro atoms. The first-order chi connectivity index (χ1) is 9.10. The van der Waals surface area contributed by atoms with Gasteiger partial charge in [-0.15, -0.1) is 0 Å². The van der Waals surface area contributed by atoms with Crippen LogP contribution in [0.1, 0.15) is 13.8 Å². The van der Waals surface area contributed by atoms with Crippen LogP contribution in [0, 0.1) is 5.92 Å². The van der Waals surface area contributed by atoms with Gasteiger partial charge in [0.1, 0.15) is 5.76 Å². The third-order valence-electron chi connectivity index (χ3n) is 3.64. The number of nitrogens with two attached hydrogens (primary N) is 1. The van der Waals surface area contributed by atoms with Gasteiger partial charge in [-0.2, -0.15) is 5.10 Å². The first-order valence-electron chi connectivity index (χ1n) is 6.61. The van der Waals surface area contributed by atoms with E-state index in [1.54, 1.807) is 7.11 Å². The lowest BCUT2D eigenvalue weighted by atomic mass is 9.90. The summed E-state index contributed by atoms with van der Waals surface area (Å²) >= 11 is 0. The van der Waals surface area contributed by atoms with Crippen LogP contribution in [-0.4, -0.2) is 22.9 Å². The highest BCUT2D eigenvalue weighted by atomic mass is 16.5. The van der Waals surface area contributed by atoms with E-state index in [-0.39, 0.29) is 6.04 Å². The van der Waals surface area contributed by atoms with Crippen molar-refractivity contribution in [1.82, 2.24) is 9.78 Å². The van der Waals surface area contributed by atoms with Crippen molar-refractivity contribution in [2.45, 2.75) is 26.4 Å². The van der Waals surface area contributed by atoms with Crippen molar-refractivity contribution in [3.8, 4) is 0 Å². The average molecular weight is 257 g/mol. The maximum Gasteiger partial charge on any atom is 0.116 e. The molecule has 0 saturated carbocycles. The highest BCUT2D eigenvalue weighted by Crippen LogP contribution is 2.31. The Morgan fingerprint density at radius 1 is 1.47 bits per heavy atom. The smallest absolute Gasteiger partial charge is 0.116 e. The Hall–Kier alpha value is -1.81. The van der Waals surface area contributed by atoms with Gasteiger partial charge in [-0.3, -0.25) is 4.68 Å². The van der Waals surface area contributed by atoms with Gasteiger partial charge < -0.3 is 10.5 Å². The van der Waals surface area contributed by atoms with E-state index in [0.29, 0.717) is 5.92 Å². The Morgan fingerprint density at radius 3 is 2.95 bits per heavy atom. The zero-order valence-electron chi connectivity index (χ0n) is 11.6. The standard InChI is InChI=1S/C15H19N3O/c1-9-4-12(19-3)5-11-6-14-13(15(9)11)7-17-18(14)8-10(2)16/h4-7,9-10H,8,16H2,1-3H3. The number of nitrogens with zero attached hydrogens (tertiary/aromatic N) is 2. The minimum Gasteiger partial charge on any atom is -0.497 e. The summed E-state index contributed by atoms with van der Waals surface area (Å²) in [6.45, 7) is 4.92. The third kappa shape index (κ3) is 1.92. The van der Waals surface area contributed by atoms with E-state index in [4.69, 9.17) is 10.5 Å². The van der Waals surface area contributed by atoms with Crippen LogP contribution in [0.4, 0.5) is 0 Å². The van der Waals surface area contributed by atoms with Gasteiger partial charge in [-0.1, -0.05) is 6.92 Å². The van der Waals surface area contributed by atoms with Crippen LogP contribution in [0.5, 0.6) is 0 Å². The first-order valence-corrected chi connectivity index (χ1v) is 6.61. The van der Waals surface area contributed by atoms with E-state index in [2.05, 4.69) is 30.3 Å². The fraction of sp³-hybridized carbons (Fsp3) is 0.400. The van der Waals surface area contributed by atoms with Crippen LogP contribution in [0.2, 0.25) is 0 Å². The summed E-state index contributed by atoms with van der Waals surface area (Å²) in [4.78, 5) is 0. The Morgan fingerprint density at radius 2 is 2.26 bits per heavy atom. The largest absolute Gasteiger partial charge is 0.497 e. The molecule has 0 saturated heterocycles. The van der Waals surface area contributed by atoms with Gasteiger partial charge in [-0.05, 0) is 36.3 Å². The Labute approximate surface area is 112 Å². The molecular formula is C15H19N3O. The quantitative estimate of drug-likeness (QED) is 0.846. The molecule has 0 aliphatic heterocycles. The summed E-state index contributed by atoms with van der Waals surface area (Å²) in [5.74, 6) is 1.28. The van der Waals surface area contributed by atoms with Crippen LogP contribution in [-0.2, 0) is 11.3 Å². The lowest BCUT2D eigenvalue weighted by molar-refractivity contribution is 0.303.